The molecule has 6 atom stereocenters. The van der Waals surface area contributed by atoms with Crippen LogP contribution in [0.3, 0.4) is 0 Å². The SMILES string of the molecule is O=C1C[C@@H]2[C@@H](OC=C[C@H]2O[C@@H]2C=C[C@@H]3CC(=O)O[C@@H]3O2)O1. The highest BCUT2D eigenvalue weighted by Gasteiger charge is 2.45. The molecule has 112 valence electrons. The summed E-state index contributed by atoms with van der Waals surface area (Å²) < 4.78 is 26.8. The highest BCUT2D eigenvalue weighted by Crippen LogP contribution is 2.35. The van der Waals surface area contributed by atoms with Crippen LogP contribution >= 0.6 is 0 Å². The van der Waals surface area contributed by atoms with E-state index in [2.05, 4.69) is 0 Å². The van der Waals surface area contributed by atoms with Crippen LogP contribution in [-0.4, -0.2) is 36.9 Å². The van der Waals surface area contributed by atoms with Crippen molar-refractivity contribution in [2.75, 3.05) is 0 Å². The van der Waals surface area contributed by atoms with Gasteiger partial charge in [-0.25, -0.2) is 0 Å². The number of ether oxygens (including phenoxy) is 5. The first-order valence-electron chi connectivity index (χ1n) is 6.89. The van der Waals surface area contributed by atoms with Gasteiger partial charge >= 0.3 is 11.9 Å². The largest absolute Gasteiger partial charge is 0.462 e. The quantitative estimate of drug-likeness (QED) is 0.545. The molecule has 0 spiro atoms. The Morgan fingerprint density at radius 2 is 1.81 bits per heavy atom. The number of rotatable bonds is 2. The van der Waals surface area contributed by atoms with Crippen LogP contribution in [0, 0.1) is 11.8 Å². The molecule has 0 aromatic heterocycles. The lowest BCUT2D eigenvalue weighted by atomic mass is 9.98. The Hall–Kier alpha value is -1.86. The van der Waals surface area contributed by atoms with Gasteiger partial charge in [0, 0.05) is 0 Å². The van der Waals surface area contributed by atoms with Crippen molar-refractivity contribution >= 4 is 11.9 Å². The Balaban J connectivity index is 1.43. The number of fused-ring (bicyclic) bond motifs is 2. The van der Waals surface area contributed by atoms with Crippen LogP contribution < -0.4 is 0 Å². The van der Waals surface area contributed by atoms with Gasteiger partial charge in [-0.2, -0.15) is 0 Å². The van der Waals surface area contributed by atoms with Crippen LogP contribution in [0.1, 0.15) is 12.8 Å². The van der Waals surface area contributed by atoms with E-state index in [1.54, 1.807) is 12.2 Å². The number of carbonyl (C=O) groups is 2. The fourth-order valence-electron chi connectivity index (χ4n) is 2.93. The van der Waals surface area contributed by atoms with Gasteiger partial charge in [0.05, 0.1) is 37.0 Å². The molecular weight excluding hydrogens is 280 g/mol. The van der Waals surface area contributed by atoms with Gasteiger partial charge in [0.25, 0.3) is 0 Å². The molecule has 0 unspecified atom stereocenters. The summed E-state index contributed by atoms with van der Waals surface area (Å²) in [6, 6.07) is 0. The van der Waals surface area contributed by atoms with E-state index >= 15 is 0 Å². The Morgan fingerprint density at radius 3 is 2.71 bits per heavy atom. The van der Waals surface area contributed by atoms with Crippen LogP contribution in [0.15, 0.2) is 24.5 Å². The zero-order chi connectivity index (χ0) is 14.4. The normalized spacial score (nSPS) is 43.8. The van der Waals surface area contributed by atoms with Gasteiger partial charge in [-0.05, 0) is 12.2 Å². The second kappa shape index (κ2) is 4.85. The number of esters is 2. The predicted octanol–water partition coefficient (Wildman–Crippen LogP) is 0.606. The molecule has 0 radical (unpaired) electrons. The van der Waals surface area contributed by atoms with E-state index < -0.39 is 18.9 Å². The van der Waals surface area contributed by atoms with Crippen LogP contribution in [0.25, 0.3) is 0 Å². The molecule has 2 saturated heterocycles. The lowest BCUT2D eigenvalue weighted by Crippen LogP contribution is -2.39. The van der Waals surface area contributed by atoms with Crippen molar-refractivity contribution in [3.8, 4) is 0 Å². The van der Waals surface area contributed by atoms with Crippen molar-refractivity contribution in [1.29, 1.82) is 0 Å². The first-order chi connectivity index (χ1) is 10.2. The summed E-state index contributed by atoms with van der Waals surface area (Å²) in [6.07, 6.45) is 5.25. The zero-order valence-electron chi connectivity index (χ0n) is 11.0. The molecule has 0 aliphatic carbocycles. The summed E-state index contributed by atoms with van der Waals surface area (Å²) in [5, 5.41) is 0. The van der Waals surface area contributed by atoms with Gasteiger partial charge in [-0.3, -0.25) is 9.59 Å². The van der Waals surface area contributed by atoms with E-state index in [4.69, 9.17) is 23.7 Å². The number of hydrogen-bond donors (Lipinski definition) is 0. The second-order valence-electron chi connectivity index (χ2n) is 5.41. The molecule has 4 rings (SSSR count). The molecular formula is C14H14O7. The molecule has 2 fully saturated rings. The van der Waals surface area contributed by atoms with Gasteiger partial charge in [0.1, 0.15) is 0 Å². The summed E-state index contributed by atoms with van der Waals surface area (Å²) in [6.45, 7) is 0. The summed E-state index contributed by atoms with van der Waals surface area (Å²) in [5.74, 6) is -0.807. The first kappa shape index (κ1) is 12.8. The molecule has 0 saturated carbocycles. The maximum absolute atomic E-state index is 11.3. The predicted molar refractivity (Wildman–Crippen MR) is 65.1 cm³/mol. The molecule has 0 bridgehead atoms. The zero-order valence-corrected chi connectivity index (χ0v) is 11.0. The molecule has 7 nitrogen and oxygen atoms in total. The monoisotopic (exact) mass is 294 g/mol. The Morgan fingerprint density at radius 1 is 1.00 bits per heavy atom. The molecule has 0 amide bonds. The molecule has 0 N–H and O–H groups in total. The summed E-state index contributed by atoms with van der Waals surface area (Å²) in [7, 11) is 0. The Kier molecular flexibility index (Phi) is 2.97. The fraction of sp³-hybridized carbons (Fsp3) is 0.571. The minimum atomic E-state index is -0.624. The molecule has 0 aromatic rings. The average molecular weight is 294 g/mol. The number of carbonyl (C=O) groups excluding carboxylic acids is 2. The third kappa shape index (κ3) is 2.32. The fourth-order valence-corrected chi connectivity index (χ4v) is 2.93. The van der Waals surface area contributed by atoms with Gasteiger partial charge in [-0.1, -0.05) is 6.08 Å². The van der Waals surface area contributed by atoms with Gasteiger partial charge in [0.15, 0.2) is 6.29 Å². The Labute approximate surface area is 120 Å². The topological polar surface area (TPSA) is 80.3 Å². The molecule has 4 heterocycles. The van der Waals surface area contributed by atoms with Crippen molar-refractivity contribution in [2.24, 2.45) is 11.8 Å². The highest BCUT2D eigenvalue weighted by atomic mass is 16.8. The summed E-state index contributed by atoms with van der Waals surface area (Å²) >= 11 is 0. The maximum Gasteiger partial charge on any atom is 0.309 e. The number of hydrogen-bond acceptors (Lipinski definition) is 7. The maximum atomic E-state index is 11.3. The lowest BCUT2D eigenvalue weighted by Gasteiger charge is -2.32. The van der Waals surface area contributed by atoms with Crippen LogP contribution in [0.2, 0.25) is 0 Å². The first-order valence-corrected chi connectivity index (χ1v) is 6.89. The van der Waals surface area contributed by atoms with Crippen molar-refractivity contribution in [3.63, 3.8) is 0 Å². The highest BCUT2D eigenvalue weighted by molar-refractivity contribution is 5.72. The van der Waals surface area contributed by atoms with Crippen LogP contribution in [0.4, 0.5) is 0 Å². The van der Waals surface area contributed by atoms with E-state index in [0.717, 1.165) is 0 Å². The lowest BCUT2D eigenvalue weighted by molar-refractivity contribution is -0.243. The van der Waals surface area contributed by atoms with Gasteiger partial charge in [0.2, 0.25) is 12.6 Å². The smallest absolute Gasteiger partial charge is 0.309 e. The summed E-state index contributed by atoms with van der Waals surface area (Å²) in [5.41, 5.74) is 0. The van der Waals surface area contributed by atoms with Crippen LogP contribution in [-0.2, 0) is 33.3 Å². The third-order valence-corrected chi connectivity index (χ3v) is 3.98. The van der Waals surface area contributed by atoms with Gasteiger partial charge < -0.3 is 23.7 Å². The molecule has 4 aliphatic rings. The van der Waals surface area contributed by atoms with E-state index in [-0.39, 0.29) is 36.3 Å². The average Bonchev–Trinajstić information content (AvgIpc) is 2.99. The van der Waals surface area contributed by atoms with Crippen molar-refractivity contribution in [2.45, 2.75) is 37.8 Å². The van der Waals surface area contributed by atoms with Crippen molar-refractivity contribution in [3.05, 3.63) is 24.5 Å². The van der Waals surface area contributed by atoms with Crippen molar-refractivity contribution in [1.82, 2.24) is 0 Å². The van der Waals surface area contributed by atoms with E-state index in [1.807, 2.05) is 6.08 Å². The van der Waals surface area contributed by atoms with E-state index in [0.29, 0.717) is 6.42 Å². The summed E-state index contributed by atoms with van der Waals surface area (Å²) in [4.78, 5) is 22.6. The van der Waals surface area contributed by atoms with Gasteiger partial charge in [-0.15, -0.1) is 0 Å². The Bertz CT molecular complexity index is 525. The molecule has 21 heavy (non-hydrogen) atoms. The van der Waals surface area contributed by atoms with Crippen LogP contribution in [0.5, 0.6) is 0 Å². The minimum Gasteiger partial charge on any atom is -0.462 e. The van der Waals surface area contributed by atoms with E-state index in [9.17, 15) is 9.59 Å². The molecule has 0 aromatic carbocycles. The second-order valence-corrected chi connectivity index (χ2v) is 5.41. The van der Waals surface area contributed by atoms with E-state index in [1.165, 1.54) is 6.26 Å². The molecule has 7 heteroatoms. The standard InChI is InChI=1S/C14H14O7/c15-10-5-7-1-2-12(21-13(7)19-10)18-9-3-4-17-14-8(9)6-11(16)20-14/h1-4,7-9,12-14H,5-6H2/t7-,8+,9-,12+,13-,14+/m1/s1. The van der Waals surface area contributed by atoms with Crippen molar-refractivity contribution < 1.29 is 33.3 Å². The molecule has 4 aliphatic heterocycles. The minimum absolute atomic E-state index is 0.0493. The third-order valence-electron chi connectivity index (χ3n) is 3.98.